The number of aromatic nitrogens is 1. The predicted molar refractivity (Wildman–Crippen MR) is 85.2 cm³/mol. The second kappa shape index (κ2) is 9.18. The van der Waals surface area contributed by atoms with Gasteiger partial charge in [-0.25, -0.2) is 4.32 Å². The molecule has 1 aromatic heterocycles. The van der Waals surface area contributed by atoms with Crippen LogP contribution in [-0.2, 0) is 0 Å². The number of rotatable bonds is 4. The highest BCUT2D eigenvalue weighted by molar-refractivity contribution is 6.37. The average molecular weight is 295 g/mol. The van der Waals surface area contributed by atoms with Gasteiger partial charge in [-0.3, -0.25) is 4.98 Å². The van der Waals surface area contributed by atoms with Crippen molar-refractivity contribution in [2.75, 3.05) is 0 Å². The van der Waals surface area contributed by atoms with Crippen molar-refractivity contribution in [1.82, 2.24) is 4.98 Å². The molecule has 5 heteroatoms. The van der Waals surface area contributed by atoms with Crippen LogP contribution in [0.25, 0.3) is 0 Å². The Morgan fingerprint density at radius 1 is 0.636 bits per heavy atom. The van der Waals surface area contributed by atoms with Crippen LogP contribution in [0.1, 0.15) is 0 Å². The molecular weight excluding hydrogens is 280 g/mol. The molecule has 22 heavy (non-hydrogen) atoms. The van der Waals surface area contributed by atoms with Gasteiger partial charge in [-0.15, -0.1) is 0 Å². The summed E-state index contributed by atoms with van der Waals surface area (Å²) in [6.45, 7) is 0. The van der Waals surface area contributed by atoms with Crippen LogP contribution in [0.4, 0.5) is 4.32 Å². The minimum absolute atomic E-state index is 0.436. The van der Waals surface area contributed by atoms with E-state index >= 15 is 0 Å². The maximum absolute atomic E-state index is 13.3. The molecule has 3 rings (SSSR count). The molecule has 0 radical (unpaired) electrons. The van der Waals surface area contributed by atoms with Gasteiger partial charge in [-0.2, -0.15) is 0 Å². The first-order chi connectivity index (χ1) is 10.8. The standard InChI is InChI=1S/C12H10BFO2.C5H5N/c14-13(15-11-7-3-1-4-8-11)16-12-9-5-2-6-10-12;1-2-4-6-5-3-1/h1-10H;1-5H. The van der Waals surface area contributed by atoms with Gasteiger partial charge in [0.25, 0.3) is 0 Å². The molecule has 0 N–H and O–H groups in total. The molecule has 0 aliphatic rings. The third-order valence-corrected chi connectivity index (χ3v) is 2.51. The minimum atomic E-state index is -1.80. The van der Waals surface area contributed by atoms with Crippen molar-refractivity contribution >= 4 is 7.40 Å². The van der Waals surface area contributed by atoms with Gasteiger partial charge >= 0.3 is 7.40 Å². The van der Waals surface area contributed by atoms with Gasteiger partial charge in [0.15, 0.2) is 0 Å². The Morgan fingerprint density at radius 2 is 1.05 bits per heavy atom. The van der Waals surface area contributed by atoms with Crippen LogP contribution in [0.5, 0.6) is 11.5 Å². The number of hydrogen-bond acceptors (Lipinski definition) is 3. The van der Waals surface area contributed by atoms with Gasteiger partial charge in [0.2, 0.25) is 0 Å². The molecule has 2 aromatic carbocycles. The third kappa shape index (κ3) is 6.09. The normalized spacial score (nSPS) is 9.14. The Morgan fingerprint density at radius 3 is 1.36 bits per heavy atom. The number of pyridine rings is 1. The summed E-state index contributed by atoms with van der Waals surface area (Å²) in [6, 6.07) is 23.1. The quantitative estimate of drug-likeness (QED) is 0.677. The van der Waals surface area contributed by atoms with E-state index in [0.29, 0.717) is 11.5 Å². The highest BCUT2D eigenvalue weighted by atomic mass is 19.1. The monoisotopic (exact) mass is 295 g/mol. The lowest BCUT2D eigenvalue weighted by Gasteiger charge is -2.08. The molecule has 0 bridgehead atoms. The average Bonchev–Trinajstić information content (AvgIpc) is 2.59. The first kappa shape index (κ1) is 15.6. The Kier molecular flexibility index (Phi) is 6.50. The van der Waals surface area contributed by atoms with E-state index in [1.807, 2.05) is 30.3 Å². The molecule has 1 heterocycles. The number of benzene rings is 2. The molecule has 0 aliphatic heterocycles. The predicted octanol–water partition coefficient (Wildman–Crippen LogP) is 4.18. The molecule has 0 amide bonds. The maximum Gasteiger partial charge on any atom is 0.830 e. The molecule has 3 aromatic rings. The van der Waals surface area contributed by atoms with Crippen molar-refractivity contribution in [2.45, 2.75) is 0 Å². The van der Waals surface area contributed by atoms with Gasteiger partial charge < -0.3 is 9.31 Å². The zero-order chi connectivity index (χ0) is 15.5. The molecule has 0 unspecified atom stereocenters. The lowest BCUT2D eigenvalue weighted by molar-refractivity contribution is 0.359. The summed E-state index contributed by atoms with van der Waals surface area (Å²) < 4.78 is 23.2. The van der Waals surface area contributed by atoms with Crippen molar-refractivity contribution < 1.29 is 13.6 Å². The third-order valence-electron chi connectivity index (χ3n) is 2.51. The van der Waals surface area contributed by atoms with Gasteiger partial charge in [-0.05, 0) is 36.4 Å². The van der Waals surface area contributed by atoms with Crippen LogP contribution in [0.2, 0.25) is 0 Å². The highest BCUT2D eigenvalue weighted by Gasteiger charge is 2.23. The van der Waals surface area contributed by atoms with Gasteiger partial charge in [-0.1, -0.05) is 42.5 Å². The summed E-state index contributed by atoms with van der Waals surface area (Å²) in [6.07, 6.45) is 3.50. The second-order valence-corrected chi connectivity index (χ2v) is 4.16. The molecule has 0 fully saturated rings. The van der Waals surface area contributed by atoms with Gasteiger partial charge in [0.05, 0.1) is 0 Å². The minimum Gasteiger partial charge on any atom is -0.498 e. The first-order valence-corrected chi connectivity index (χ1v) is 6.77. The van der Waals surface area contributed by atoms with E-state index in [1.165, 1.54) is 0 Å². The molecule has 3 nitrogen and oxygen atoms in total. The molecule has 0 spiro atoms. The Labute approximate surface area is 129 Å². The number of para-hydroxylation sites is 2. The summed E-state index contributed by atoms with van der Waals surface area (Å²) in [5, 5.41) is 0. The van der Waals surface area contributed by atoms with Crippen LogP contribution in [-0.4, -0.2) is 12.4 Å². The van der Waals surface area contributed by atoms with Crippen LogP contribution >= 0.6 is 0 Å². The van der Waals surface area contributed by atoms with Crippen molar-refractivity contribution in [3.05, 3.63) is 91.3 Å². The summed E-state index contributed by atoms with van der Waals surface area (Å²) >= 11 is 0. The van der Waals surface area contributed by atoms with E-state index in [1.54, 1.807) is 60.9 Å². The largest absolute Gasteiger partial charge is 0.830 e. The zero-order valence-corrected chi connectivity index (χ0v) is 11.9. The van der Waals surface area contributed by atoms with E-state index < -0.39 is 7.40 Å². The Balaban J connectivity index is 0.000000246. The lowest BCUT2D eigenvalue weighted by Crippen LogP contribution is -2.24. The zero-order valence-electron chi connectivity index (χ0n) is 11.9. The Hall–Kier alpha value is -2.82. The van der Waals surface area contributed by atoms with Gasteiger partial charge in [0, 0.05) is 12.4 Å². The van der Waals surface area contributed by atoms with Crippen LogP contribution < -0.4 is 9.31 Å². The summed E-state index contributed by atoms with van der Waals surface area (Å²) in [4.78, 5) is 3.78. The smallest absolute Gasteiger partial charge is 0.498 e. The van der Waals surface area contributed by atoms with Crippen molar-refractivity contribution in [3.8, 4) is 11.5 Å². The fourth-order valence-corrected chi connectivity index (χ4v) is 1.55. The molecule has 0 saturated carbocycles. The van der Waals surface area contributed by atoms with Crippen LogP contribution in [0, 0.1) is 0 Å². The molecule has 110 valence electrons. The van der Waals surface area contributed by atoms with E-state index in [9.17, 15) is 4.32 Å². The van der Waals surface area contributed by atoms with Crippen molar-refractivity contribution in [3.63, 3.8) is 0 Å². The molecular formula is C17H15BFNO2. The van der Waals surface area contributed by atoms with E-state index in [-0.39, 0.29) is 0 Å². The van der Waals surface area contributed by atoms with Crippen LogP contribution in [0.3, 0.4) is 0 Å². The van der Waals surface area contributed by atoms with E-state index in [4.69, 9.17) is 9.31 Å². The summed E-state index contributed by atoms with van der Waals surface area (Å²) in [7, 11) is -1.80. The number of halogens is 1. The van der Waals surface area contributed by atoms with Crippen molar-refractivity contribution in [2.24, 2.45) is 0 Å². The van der Waals surface area contributed by atoms with E-state index in [0.717, 1.165) is 0 Å². The lowest BCUT2D eigenvalue weighted by atomic mass is 10.2. The summed E-state index contributed by atoms with van der Waals surface area (Å²) in [5.74, 6) is 0.872. The van der Waals surface area contributed by atoms with E-state index in [2.05, 4.69) is 4.98 Å². The molecule has 0 aliphatic carbocycles. The Bertz CT molecular complexity index is 558. The second-order valence-electron chi connectivity index (χ2n) is 4.16. The fourth-order valence-electron chi connectivity index (χ4n) is 1.55. The van der Waals surface area contributed by atoms with Crippen molar-refractivity contribution in [1.29, 1.82) is 0 Å². The fraction of sp³-hybridized carbons (Fsp3) is 0. The topological polar surface area (TPSA) is 31.4 Å². The number of nitrogens with zero attached hydrogens (tertiary/aromatic N) is 1. The summed E-state index contributed by atoms with van der Waals surface area (Å²) in [5.41, 5.74) is 0. The molecule has 0 saturated heterocycles. The molecule has 0 atom stereocenters. The number of hydrogen-bond donors (Lipinski definition) is 0. The maximum atomic E-state index is 13.3. The van der Waals surface area contributed by atoms with Gasteiger partial charge in [0.1, 0.15) is 11.5 Å². The first-order valence-electron chi connectivity index (χ1n) is 6.77. The van der Waals surface area contributed by atoms with Crippen LogP contribution in [0.15, 0.2) is 91.3 Å². The SMILES string of the molecule is FB(Oc1ccccc1)Oc1ccccc1.c1ccncc1. The highest BCUT2D eigenvalue weighted by Crippen LogP contribution is 2.14.